The number of rotatable bonds is 7. The second-order valence-corrected chi connectivity index (χ2v) is 7.12. The van der Waals surface area contributed by atoms with Crippen LogP contribution < -0.4 is 5.32 Å². The molecule has 148 valence electrons. The number of nitro benzene ring substituents is 1. The number of aryl methyl sites for hydroxylation is 1. The molecule has 7 nitrogen and oxygen atoms in total. The molecule has 0 aliphatic rings. The van der Waals surface area contributed by atoms with Crippen molar-refractivity contribution in [1.82, 2.24) is 5.32 Å². The van der Waals surface area contributed by atoms with Crippen LogP contribution in [0.1, 0.15) is 35.3 Å². The molecule has 0 bridgehead atoms. The van der Waals surface area contributed by atoms with Crippen molar-refractivity contribution in [2.24, 2.45) is 5.92 Å². The van der Waals surface area contributed by atoms with Crippen LogP contribution in [0.5, 0.6) is 0 Å². The van der Waals surface area contributed by atoms with Gasteiger partial charge in [-0.05, 0) is 30.5 Å². The van der Waals surface area contributed by atoms with Crippen LogP contribution in [-0.4, -0.2) is 22.8 Å². The molecule has 2 aromatic rings. The van der Waals surface area contributed by atoms with E-state index in [1.165, 1.54) is 12.1 Å². The summed E-state index contributed by atoms with van der Waals surface area (Å²) in [5, 5.41) is 13.5. The Bertz CT molecular complexity index is 881. The van der Waals surface area contributed by atoms with Crippen LogP contribution in [0.15, 0.2) is 42.5 Å². The Morgan fingerprint density at radius 1 is 1.18 bits per heavy atom. The average Bonchev–Trinajstić information content (AvgIpc) is 2.65. The van der Waals surface area contributed by atoms with Gasteiger partial charge in [-0.15, -0.1) is 0 Å². The van der Waals surface area contributed by atoms with Crippen molar-refractivity contribution >= 4 is 29.2 Å². The second kappa shape index (κ2) is 9.32. The largest absolute Gasteiger partial charge is 0.459 e. The Morgan fingerprint density at radius 3 is 2.39 bits per heavy atom. The van der Waals surface area contributed by atoms with Gasteiger partial charge >= 0.3 is 5.97 Å². The molecule has 1 atom stereocenters. The highest BCUT2D eigenvalue weighted by Crippen LogP contribution is 2.25. The number of carbonyl (C=O) groups excluding carboxylic acids is 2. The lowest BCUT2D eigenvalue weighted by Crippen LogP contribution is -2.45. The molecular formula is C20H21ClN2O5. The van der Waals surface area contributed by atoms with E-state index in [1.54, 1.807) is 13.8 Å². The Morgan fingerprint density at radius 2 is 1.82 bits per heavy atom. The topological polar surface area (TPSA) is 98.5 Å². The number of hydrogen-bond donors (Lipinski definition) is 1. The molecule has 0 spiro atoms. The molecule has 0 saturated carbocycles. The highest BCUT2D eigenvalue weighted by Gasteiger charge is 2.27. The molecule has 2 aromatic carbocycles. The Balaban J connectivity index is 2.08. The van der Waals surface area contributed by atoms with Gasteiger partial charge in [-0.1, -0.05) is 55.3 Å². The van der Waals surface area contributed by atoms with Gasteiger partial charge in [-0.3, -0.25) is 14.9 Å². The normalized spacial score (nSPS) is 11.8. The minimum Gasteiger partial charge on any atom is -0.459 e. The van der Waals surface area contributed by atoms with Crippen LogP contribution in [0.4, 0.5) is 5.69 Å². The van der Waals surface area contributed by atoms with Crippen LogP contribution in [-0.2, 0) is 16.1 Å². The predicted octanol–water partition coefficient (Wildman–Crippen LogP) is 4.05. The molecule has 8 heteroatoms. The van der Waals surface area contributed by atoms with Gasteiger partial charge in [0, 0.05) is 11.6 Å². The zero-order valence-corrected chi connectivity index (χ0v) is 16.5. The minimum absolute atomic E-state index is 0.0353. The summed E-state index contributed by atoms with van der Waals surface area (Å²) in [4.78, 5) is 35.3. The van der Waals surface area contributed by atoms with Crippen molar-refractivity contribution in [3.8, 4) is 0 Å². The van der Waals surface area contributed by atoms with E-state index in [4.69, 9.17) is 16.3 Å². The summed E-state index contributed by atoms with van der Waals surface area (Å²) in [6.07, 6.45) is 0. The monoisotopic (exact) mass is 404 g/mol. The van der Waals surface area contributed by atoms with E-state index in [1.807, 2.05) is 31.2 Å². The first kappa shape index (κ1) is 21.4. The summed E-state index contributed by atoms with van der Waals surface area (Å²) in [6.45, 7) is 5.58. The van der Waals surface area contributed by atoms with Crippen LogP contribution in [0.2, 0.25) is 5.02 Å². The fraction of sp³-hybridized carbons (Fsp3) is 0.300. The van der Waals surface area contributed by atoms with E-state index in [9.17, 15) is 19.7 Å². The summed E-state index contributed by atoms with van der Waals surface area (Å²) < 4.78 is 5.33. The molecule has 0 aliphatic carbocycles. The quantitative estimate of drug-likeness (QED) is 0.426. The fourth-order valence-corrected chi connectivity index (χ4v) is 2.63. The zero-order chi connectivity index (χ0) is 20.8. The number of amides is 1. The van der Waals surface area contributed by atoms with Crippen molar-refractivity contribution in [1.29, 1.82) is 0 Å². The van der Waals surface area contributed by atoms with Gasteiger partial charge < -0.3 is 10.1 Å². The maximum Gasteiger partial charge on any atom is 0.329 e. The number of esters is 1. The summed E-state index contributed by atoms with van der Waals surface area (Å²) in [7, 11) is 0. The van der Waals surface area contributed by atoms with Gasteiger partial charge in [0.2, 0.25) is 0 Å². The molecule has 2 rings (SSSR count). The molecule has 1 N–H and O–H groups in total. The standard InChI is InChI=1S/C20H21ClN2O5/c1-12(2)18(20(25)28-11-14-6-4-13(3)5-7-14)22-19(24)15-8-9-16(21)17(10-15)23(26)27/h4-10,12,18H,11H2,1-3H3,(H,22,24)/t18-/m0/s1. The second-order valence-electron chi connectivity index (χ2n) is 6.71. The van der Waals surface area contributed by atoms with Crippen LogP contribution in [0.3, 0.4) is 0 Å². The lowest BCUT2D eigenvalue weighted by molar-refractivity contribution is -0.384. The molecule has 1 amide bonds. The first-order valence-electron chi connectivity index (χ1n) is 8.66. The summed E-state index contributed by atoms with van der Waals surface area (Å²) in [6, 6.07) is 10.4. The van der Waals surface area contributed by atoms with E-state index >= 15 is 0 Å². The highest BCUT2D eigenvalue weighted by atomic mass is 35.5. The number of nitro groups is 1. The smallest absolute Gasteiger partial charge is 0.329 e. The molecular weight excluding hydrogens is 384 g/mol. The van der Waals surface area contributed by atoms with Crippen molar-refractivity contribution < 1.29 is 19.2 Å². The van der Waals surface area contributed by atoms with Crippen LogP contribution in [0, 0.1) is 23.0 Å². The molecule has 0 radical (unpaired) electrons. The summed E-state index contributed by atoms with van der Waals surface area (Å²) >= 11 is 5.76. The number of ether oxygens (including phenoxy) is 1. The lowest BCUT2D eigenvalue weighted by atomic mass is 10.0. The third-order valence-corrected chi connectivity index (χ3v) is 4.43. The molecule has 0 saturated heterocycles. The van der Waals surface area contributed by atoms with Crippen LogP contribution in [0.25, 0.3) is 0 Å². The van der Waals surface area contributed by atoms with Gasteiger partial charge in [0.1, 0.15) is 17.7 Å². The van der Waals surface area contributed by atoms with E-state index in [0.717, 1.165) is 17.2 Å². The summed E-state index contributed by atoms with van der Waals surface area (Å²) in [5.74, 6) is -1.44. The number of carbonyl (C=O) groups is 2. The van der Waals surface area contributed by atoms with Crippen molar-refractivity contribution in [2.75, 3.05) is 0 Å². The van der Waals surface area contributed by atoms with Crippen molar-refractivity contribution in [3.63, 3.8) is 0 Å². The van der Waals surface area contributed by atoms with Gasteiger partial charge in [0.05, 0.1) is 4.92 Å². The molecule has 0 aliphatic heterocycles. The van der Waals surface area contributed by atoms with E-state index < -0.39 is 22.8 Å². The number of halogens is 1. The van der Waals surface area contributed by atoms with Gasteiger partial charge in [-0.25, -0.2) is 4.79 Å². The molecule has 0 heterocycles. The van der Waals surface area contributed by atoms with E-state index in [-0.39, 0.29) is 28.8 Å². The number of hydrogen-bond acceptors (Lipinski definition) is 5. The minimum atomic E-state index is -0.896. The first-order valence-corrected chi connectivity index (χ1v) is 9.04. The number of benzene rings is 2. The third-order valence-electron chi connectivity index (χ3n) is 4.11. The Labute approximate surface area is 167 Å². The van der Waals surface area contributed by atoms with Gasteiger partial charge in [0.25, 0.3) is 11.6 Å². The van der Waals surface area contributed by atoms with E-state index in [2.05, 4.69) is 5.32 Å². The molecule has 0 unspecified atom stereocenters. The third kappa shape index (κ3) is 5.53. The van der Waals surface area contributed by atoms with Gasteiger partial charge in [0.15, 0.2) is 0 Å². The zero-order valence-electron chi connectivity index (χ0n) is 15.8. The lowest BCUT2D eigenvalue weighted by Gasteiger charge is -2.21. The Hall–Kier alpha value is -2.93. The number of nitrogens with zero attached hydrogens (tertiary/aromatic N) is 1. The maximum atomic E-state index is 12.5. The SMILES string of the molecule is Cc1ccc(COC(=O)[C@@H](NC(=O)c2ccc(Cl)c([N+](=O)[O-])c2)C(C)C)cc1. The fourth-order valence-electron chi connectivity index (χ4n) is 2.44. The highest BCUT2D eigenvalue weighted by molar-refractivity contribution is 6.32. The average molecular weight is 405 g/mol. The first-order chi connectivity index (χ1) is 13.2. The van der Waals surface area contributed by atoms with Crippen molar-refractivity contribution in [3.05, 3.63) is 74.3 Å². The van der Waals surface area contributed by atoms with E-state index in [0.29, 0.717) is 0 Å². The van der Waals surface area contributed by atoms with Gasteiger partial charge in [-0.2, -0.15) is 0 Å². The molecule has 28 heavy (non-hydrogen) atoms. The number of nitrogens with one attached hydrogen (secondary N) is 1. The molecule has 0 aromatic heterocycles. The maximum absolute atomic E-state index is 12.5. The van der Waals surface area contributed by atoms with Crippen molar-refractivity contribution in [2.45, 2.75) is 33.4 Å². The molecule has 0 fully saturated rings. The Kier molecular flexibility index (Phi) is 7.12. The van der Waals surface area contributed by atoms with Crippen LogP contribution >= 0.6 is 11.6 Å². The predicted molar refractivity (Wildman–Crippen MR) is 105 cm³/mol. The summed E-state index contributed by atoms with van der Waals surface area (Å²) in [5.41, 5.74) is 1.59.